The molecule has 0 amide bonds. The van der Waals surface area contributed by atoms with Gasteiger partial charge in [-0.25, -0.2) is 9.97 Å². The van der Waals surface area contributed by atoms with Crippen LogP contribution < -0.4 is 4.90 Å². The predicted octanol–water partition coefficient (Wildman–Crippen LogP) is 2.93. The van der Waals surface area contributed by atoms with Gasteiger partial charge in [0.25, 0.3) is 0 Å². The summed E-state index contributed by atoms with van der Waals surface area (Å²) in [5.74, 6) is 1.85. The molecule has 15 heavy (non-hydrogen) atoms. The van der Waals surface area contributed by atoms with Gasteiger partial charge in [-0.2, -0.15) is 0 Å². The van der Waals surface area contributed by atoms with Crippen LogP contribution in [0.4, 0.5) is 5.82 Å². The molecule has 1 saturated carbocycles. The first-order chi connectivity index (χ1) is 7.16. The third kappa shape index (κ3) is 2.48. The van der Waals surface area contributed by atoms with Crippen molar-refractivity contribution < 1.29 is 0 Å². The standard InChI is InChI=1S/C11H16BrN3/c1-8-13-10(12)7-11(14-8)15(2)9-5-3-4-6-9/h7,9H,3-6H2,1-2H3. The Balaban J connectivity index is 2.20. The van der Waals surface area contributed by atoms with Gasteiger partial charge in [-0.05, 0) is 35.7 Å². The zero-order chi connectivity index (χ0) is 10.8. The molecule has 1 heterocycles. The lowest BCUT2D eigenvalue weighted by Crippen LogP contribution is -2.29. The molecule has 0 aliphatic heterocycles. The van der Waals surface area contributed by atoms with E-state index in [0.717, 1.165) is 16.2 Å². The Morgan fingerprint density at radius 3 is 2.60 bits per heavy atom. The van der Waals surface area contributed by atoms with Gasteiger partial charge in [-0.3, -0.25) is 0 Å². The summed E-state index contributed by atoms with van der Waals surface area (Å²) in [5.41, 5.74) is 0. The monoisotopic (exact) mass is 269 g/mol. The maximum Gasteiger partial charge on any atom is 0.133 e. The third-order valence-electron chi connectivity index (χ3n) is 3.03. The largest absolute Gasteiger partial charge is 0.357 e. The van der Waals surface area contributed by atoms with E-state index in [1.165, 1.54) is 25.7 Å². The summed E-state index contributed by atoms with van der Waals surface area (Å²) in [7, 11) is 2.13. The van der Waals surface area contributed by atoms with Crippen molar-refractivity contribution in [1.82, 2.24) is 9.97 Å². The Morgan fingerprint density at radius 1 is 1.33 bits per heavy atom. The highest BCUT2D eigenvalue weighted by molar-refractivity contribution is 9.10. The molecule has 1 aromatic heterocycles. The number of hydrogen-bond acceptors (Lipinski definition) is 3. The van der Waals surface area contributed by atoms with Crippen molar-refractivity contribution in [3.05, 3.63) is 16.5 Å². The van der Waals surface area contributed by atoms with Gasteiger partial charge in [0, 0.05) is 19.2 Å². The van der Waals surface area contributed by atoms with E-state index in [1.807, 2.05) is 13.0 Å². The lowest BCUT2D eigenvalue weighted by atomic mass is 10.2. The molecule has 1 aliphatic rings. The summed E-state index contributed by atoms with van der Waals surface area (Å²) < 4.78 is 0.870. The first-order valence-electron chi connectivity index (χ1n) is 5.41. The lowest BCUT2D eigenvalue weighted by molar-refractivity contribution is 0.644. The molecule has 82 valence electrons. The van der Waals surface area contributed by atoms with Gasteiger partial charge < -0.3 is 4.90 Å². The summed E-state index contributed by atoms with van der Waals surface area (Å²) in [6.07, 6.45) is 5.27. The van der Waals surface area contributed by atoms with Crippen molar-refractivity contribution in [3.63, 3.8) is 0 Å². The summed E-state index contributed by atoms with van der Waals surface area (Å²) in [6.45, 7) is 1.93. The number of aromatic nitrogens is 2. The Kier molecular flexibility index (Phi) is 3.24. The van der Waals surface area contributed by atoms with E-state index in [0.29, 0.717) is 6.04 Å². The maximum absolute atomic E-state index is 4.46. The molecule has 1 aromatic rings. The average molecular weight is 270 g/mol. The fourth-order valence-corrected chi connectivity index (χ4v) is 2.64. The first-order valence-corrected chi connectivity index (χ1v) is 6.20. The molecular weight excluding hydrogens is 254 g/mol. The molecule has 1 aliphatic carbocycles. The second-order valence-corrected chi connectivity index (χ2v) is 4.96. The molecule has 4 heteroatoms. The van der Waals surface area contributed by atoms with Crippen molar-refractivity contribution in [1.29, 1.82) is 0 Å². The molecule has 0 unspecified atom stereocenters. The number of aryl methyl sites for hydroxylation is 1. The number of halogens is 1. The quantitative estimate of drug-likeness (QED) is 0.774. The minimum absolute atomic E-state index is 0.659. The van der Waals surface area contributed by atoms with Crippen LogP contribution in [-0.4, -0.2) is 23.1 Å². The van der Waals surface area contributed by atoms with Crippen molar-refractivity contribution in [2.45, 2.75) is 38.6 Å². The summed E-state index contributed by atoms with van der Waals surface area (Å²) in [5, 5.41) is 0. The van der Waals surface area contributed by atoms with Gasteiger partial charge in [0.15, 0.2) is 0 Å². The van der Waals surface area contributed by atoms with Gasteiger partial charge in [0.05, 0.1) is 0 Å². The van der Waals surface area contributed by atoms with Crippen LogP contribution in [0.25, 0.3) is 0 Å². The highest BCUT2D eigenvalue weighted by Gasteiger charge is 2.20. The van der Waals surface area contributed by atoms with Crippen LogP contribution >= 0.6 is 15.9 Å². The van der Waals surface area contributed by atoms with Crippen LogP contribution in [0, 0.1) is 6.92 Å². The summed E-state index contributed by atoms with van der Waals surface area (Å²) in [4.78, 5) is 11.0. The maximum atomic E-state index is 4.46. The van der Waals surface area contributed by atoms with Crippen LogP contribution in [0.3, 0.4) is 0 Å². The number of nitrogens with zero attached hydrogens (tertiary/aromatic N) is 3. The Bertz CT molecular complexity index is 327. The molecule has 0 bridgehead atoms. The van der Waals surface area contributed by atoms with Crippen LogP contribution in [0.15, 0.2) is 10.7 Å². The van der Waals surface area contributed by atoms with E-state index in [2.05, 4.69) is 37.8 Å². The van der Waals surface area contributed by atoms with Gasteiger partial charge in [-0.15, -0.1) is 0 Å². The molecular formula is C11H16BrN3. The molecule has 2 rings (SSSR count). The van der Waals surface area contributed by atoms with Crippen molar-refractivity contribution in [3.8, 4) is 0 Å². The van der Waals surface area contributed by atoms with E-state index in [1.54, 1.807) is 0 Å². The molecule has 3 nitrogen and oxygen atoms in total. The van der Waals surface area contributed by atoms with E-state index >= 15 is 0 Å². The highest BCUT2D eigenvalue weighted by Crippen LogP contribution is 2.26. The Hall–Kier alpha value is -0.640. The van der Waals surface area contributed by atoms with Gasteiger partial charge in [-0.1, -0.05) is 12.8 Å². The van der Waals surface area contributed by atoms with Crippen LogP contribution in [0.1, 0.15) is 31.5 Å². The molecule has 1 fully saturated rings. The second kappa shape index (κ2) is 4.47. The second-order valence-electron chi connectivity index (χ2n) is 4.15. The SMILES string of the molecule is Cc1nc(Br)cc(N(C)C2CCCC2)n1. The average Bonchev–Trinajstić information content (AvgIpc) is 2.67. The number of rotatable bonds is 2. The van der Waals surface area contributed by atoms with Gasteiger partial charge >= 0.3 is 0 Å². The first kappa shape index (κ1) is 10.9. The fraction of sp³-hybridized carbons (Fsp3) is 0.636. The molecule has 0 atom stereocenters. The topological polar surface area (TPSA) is 29.0 Å². The fourth-order valence-electron chi connectivity index (χ4n) is 2.18. The molecule has 0 aromatic carbocycles. The molecule has 0 spiro atoms. The van der Waals surface area contributed by atoms with Gasteiger partial charge in [0.2, 0.25) is 0 Å². The van der Waals surface area contributed by atoms with E-state index in [-0.39, 0.29) is 0 Å². The number of anilines is 1. The number of hydrogen-bond donors (Lipinski definition) is 0. The minimum atomic E-state index is 0.659. The summed E-state index contributed by atoms with van der Waals surface area (Å²) in [6, 6.07) is 2.65. The normalized spacial score (nSPS) is 17.0. The Morgan fingerprint density at radius 2 is 2.00 bits per heavy atom. The third-order valence-corrected chi connectivity index (χ3v) is 3.43. The smallest absolute Gasteiger partial charge is 0.133 e. The van der Waals surface area contributed by atoms with Crippen LogP contribution in [0.5, 0.6) is 0 Å². The van der Waals surface area contributed by atoms with Crippen molar-refractivity contribution >= 4 is 21.7 Å². The summed E-state index contributed by atoms with van der Waals surface area (Å²) >= 11 is 3.41. The molecule has 0 radical (unpaired) electrons. The highest BCUT2D eigenvalue weighted by atomic mass is 79.9. The predicted molar refractivity (Wildman–Crippen MR) is 65.1 cm³/mol. The lowest BCUT2D eigenvalue weighted by Gasteiger charge is -2.25. The molecule has 0 saturated heterocycles. The van der Waals surface area contributed by atoms with E-state index in [4.69, 9.17) is 0 Å². The van der Waals surface area contributed by atoms with Crippen molar-refractivity contribution in [2.24, 2.45) is 0 Å². The van der Waals surface area contributed by atoms with Crippen LogP contribution in [0.2, 0.25) is 0 Å². The zero-order valence-electron chi connectivity index (χ0n) is 9.20. The van der Waals surface area contributed by atoms with Crippen LogP contribution in [-0.2, 0) is 0 Å². The van der Waals surface area contributed by atoms with E-state index < -0.39 is 0 Å². The molecule has 0 N–H and O–H groups in total. The zero-order valence-corrected chi connectivity index (χ0v) is 10.8. The van der Waals surface area contributed by atoms with Gasteiger partial charge in [0.1, 0.15) is 16.2 Å². The van der Waals surface area contributed by atoms with E-state index in [9.17, 15) is 0 Å². The Labute approximate surface area is 99.0 Å². The van der Waals surface area contributed by atoms with Crippen molar-refractivity contribution in [2.75, 3.05) is 11.9 Å². The minimum Gasteiger partial charge on any atom is -0.357 e.